The minimum absolute atomic E-state index is 0.987. The van der Waals surface area contributed by atoms with Crippen LogP contribution in [-0.4, -0.2) is 45.1 Å². The topological polar surface area (TPSA) is 34.0 Å². The maximum absolute atomic E-state index is 4.27. The van der Waals surface area contributed by atoms with E-state index in [1.165, 1.54) is 43.6 Å². The number of hydrogen-bond donors (Lipinski definition) is 0. The number of aromatic nitrogens is 3. The number of thioether (sulfide) groups is 1. The van der Waals surface area contributed by atoms with Crippen molar-refractivity contribution in [1.82, 2.24) is 19.7 Å². The quantitative estimate of drug-likeness (QED) is 0.795. The van der Waals surface area contributed by atoms with Gasteiger partial charge in [0.15, 0.2) is 5.16 Å². The van der Waals surface area contributed by atoms with Gasteiger partial charge in [0.25, 0.3) is 0 Å². The van der Waals surface area contributed by atoms with Crippen LogP contribution >= 0.6 is 11.8 Å². The summed E-state index contributed by atoms with van der Waals surface area (Å²) < 4.78 is 2.09. The molecule has 4 nitrogen and oxygen atoms in total. The van der Waals surface area contributed by atoms with Crippen LogP contribution in [0.5, 0.6) is 0 Å². The molecule has 0 atom stereocenters. The molecular weight excluding hydrogens is 280 g/mol. The molecule has 2 aromatic rings. The molecular formula is C16H22N4S. The van der Waals surface area contributed by atoms with Crippen molar-refractivity contribution in [2.24, 2.45) is 0 Å². The second kappa shape index (κ2) is 7.09. The van der Waals surface area contributed by atoms with Crippen LogP contribution in [0.25, 0.3) is 5.69 Å². The monoisotopic (exact) mass is 302 g/mol. The first-order chi connectivity index (χ1) is 10.3. The molecule has 1 aliphatic rings. The van der Waals surface area contributed by atoms with Crippen molar-refractivity contribution in [1.29, 1.82) is 0 Å². The van der Waals surface area contributed by atoms with Gasteiger partial charge in [0.2, 0.25) is 0 Å². The van der Waals surface area contributed by atoms with Crippen molar-refractivity contribution < 1.29 is 0 Å². The van der Waals surface area contributed by atoms with E-state index in [-0.39, 0.29) is 0 Å². The summed E-state index contributed by atoms with van der Waals surface area (Å²) in [5.41, 5.74) is 2.41. The highest BCUT2D eigenvalue weighted by Gasteiger charge is 2.12. The second-order valence-corrected chi connectivity index (χ2v) is 6.58. The van der Waals surface area contributed by atoms with E-state index in [1.807, 2.05) is 6.33 Å². The number of nitrogens with zero attached hydrogens (tertiary/aromatic N) is 4. The van der Waals surface area contributed by atoms with E-state index in [2.05, 4.69) is 50.9 Å². The largest absolute Gasteiger partial charge is 0.303 e. The van der Waals surface area contributed by atoms with Gasteiger partial charge in [0.05, 0.1) is 5.69 Å². The summed E-state index contributed by atoms with van der Waals surface area (Å²) in [6.45, 7) is 5.78. The predicted octanol–water partition coefficient (Wildman–Crippen LogP) is 3.15. The molecule has 1 saturated heterocycles. The van der Waals surface area contributed by atoms with Crippen molar-refractivity contribution in [3.8, 4) is 5.69 Å². The van der Waals surface area contributed by atoms with Gasteiger partial charge in [0, 0.05) is 12.3 Å². The van der Waals surface area contributed by atoms with E-state index in [4.69, 9.17) is 0 Å². The smallest absolute Gasteiger partial charge is 0.195 e. The minimum atomic E-state index is 0.987. The number of aryl methyl sites for hydroxylation is 1. The molecule has 0 saturated carbocycles. The zero-order valence-corrected chi connectivity index (χ0v) is 13.4. The average molecular weight is 302 g/mol. The van der Waals surface area contributed by atoms with Crippen molar-refractivity contribution in [2.75, 3.05) is 25.4 Å². The van der Waals surface area contributed by atoms with Crippen molar-refractivity contribution >= 4 is 11.8 Å². The molecule has 0 aliphatic carbocycles. The molecule has 2 heterocycles. The van der Waals surface area contributed by atoms with Crippen LogP contribution in [0.4, 0.5) is 0 Å². The SMILES string of the molecule is Cc1ccccc1-n1cnnc1SCCN1CCCCC1. The molecule has 3 rings (SSSR count). The van der Waals surface area contributed by atoms with E-state index >= 15 is 0 Å². The van der Waals surface area contributed by atoms with Crippen LogP contribution in [0, 0.1) is 6.92 Å². The van der Waals surface area contributed by atoms with Gasteiger partial charge in [-0.15, -0.1) is 10.2 Å². The molecule has 21 heavy (non-hydrogen) atoms. The lowest BCUT2D eigenvalue weighted by Gasteiger charge is -2.25. The zero-order chi connectivity index (χ0) is 14.5. The molecule has 0 radical (unpaired) electrons. The summed E-state index contributed by atoms with van der Waals surface area (Å²) in [4.78, 5) is 2.56. The molecule has 1 aromatic heterocycles. The van der Waals surface area contributed by atoms with Crippen molar-refractivity contribution in [3.05, 3.63) is 36.2 Å². The Kier molecular flexibility index (Phi) is 4.93. The van der Waals surface area contributed by atoms with E-state index in [0.717, 1.165) is 17.5 Å². The first-order valence-electron chi connectivity index (χ1n) is 7.66. The number of rotatable bonds is 5. The Bertz CT molecular complexity index is 575. The molecule has 112 valence electrons. The predicted molar refractivity (Wildman–Crippen MR) is 87.1 cm³/mol. The van der Waals surface area contributed by atoms with Gasteiger partial charge in [-0.3, -0.25) is 4.57 Å². The lowest BCUT2D eigenvalue weighted by atomic mass is 10.1. The zero-order valence-electron chi connectivity index (χ0n) is 12.5. The Morgan fingerprint density at radius 1 is 1.14 bits per heavy atom. The molecule has 1 fully saturated rings. The molecule has 5 heteroatoms. The fourth-order valence-electron chi connectivity index (χ4n) is 2.77. The van der Waals surface area contributed by atoms with Crippen LogP contribution in [-0.2, 0) is 0 Å². The fraction of sp³-hybridized carbons (Fsp3) is 0.500. The van der Waals surface area contributed by atoms with Gasteiger partial charge >= 0.3 is 0 Å². The summed E-state index contributed by atoms with van der Waals surface area (Å²) in [5, 5.41) is 9.34. The standard InChI is InChI=1S/C16H22N4S/c1-14-7-3-4-8-15(14)20-13-17-18-16(20)21-12-11-19-9-5-2-6-10-19/h3-4,7-8,13H,2,5-6,9-12H2,1H3. The first kappa shape index (κ1) is 14.6. The number of hydrogen-bond acceptors (Lipinski definition) is 4. The molecule has 0 bridgehead atoms. The molecule has 0 unspecified atom stereocenters. The summed E-state index contributed by atoms with van der Waals surface area (Å²) in [5.74, 6) is 1.07. The Morgan fingerprint density at radius 2 is 1.95 bits per heavy atom. The average Bonchev–Trinajstić information content (AvgIpc) is 2.97. The number of para-hydroxylation sites is 1. The summed E-state index contributed by atoms with van der Waals surface area (Å²) in [6, 6.07) is 8.36. The maximum Gasteiger partial charge on any atom is 0.195 e. The van der Waals surface area contributed by atoms with Crippen LogP contribution in [0.2, 0.25) is 0 Å². The van der Waals surface area contributed by atoms with Crippen LogP contribution in [0.15, 0.2) is 35.7 Å². The van der Waals surface area contributed by atoms with Crippen molar-refractivity contribution in [3.63, 3.8) is 0 Å². The third-order valence-corrected chi connectivity index (χ3v) is 4.90. The molecule has 0 amide bonds. The molecule has 0 spiro atoms. The lowest BCUT2D eigenvalue weighted by molar-refractivity contribution is 0.242. The number of likely N-dealkylation sites (tertiary alicyclic amines) is 1. The van der Waals surface area contributed by atoms with E-state index in [1.54, 1.807) is 11.8 Å². The van der Waals surface area contributed by atoms with Gasteiger partial charge in [-0.05, 0) is 44.5 Å². The molecule has 1 aliphatic heterocycles. The summed E-state index contributed by atoms with van der Waals surface area (Å²) in [6.07, 6.45) is 5.91. The van der Waals surface area contributed by atoms with Crippen LogP contribution < -0.4 is 0 Å². The highest BCUT2D eigenvalue weighted by Crippen LogP contribution is 2.22. The van der Waals surface area contributed by atoms with Crippen LogP contribution in [0.3, 0.4) is 0 Å². The van der Waals surface area contributed by atoms with Gasteiger partial charge in [-0.25, -0.2) is 0 Å². The van der Waals surface area contributed by atoms with Gasteiger partial charge in [-0.1, -0.05) is 36.4 Å². The summed E-state index contributed by atoms with van der Waals surface area (Å²) >= 11 is 1.80. The Hall–Kier alpha value is -1.33. The van der Waals surface area contributed by atoms with Gasteiger partial charge in [0.1, 0.15) is 6.33 Å². The third-order valence-electron chi connectivity index (χ3n) is 3.98. The lowest BCUT2D eigenvalue weighted by Crippen LogP contribution is -2.31. The Morgan fingerprint density at radius 3 is 2.76 bits per heavy atom. The minimum Gasteiger partial charge on any atom is -0.303 e. The Balaban J connectivity index is 1.62. The molecule has 0 N–H and O–H groups in total. The normalized spacial score (nSPS) is 16.2. The fourth-order valence-corrected chi connectivity index (χ4v) is 3.69. The highest BCUT2D eigenvalue weighted by molar-refractivity contribution is 7.99. The first-order valence-corrected chi connectivity index (χ1v) is 8.64. The van der Waals surface area contributed by atoms with E-state index in [0.29, 0.717) is 0 Å². The summed E-state index contributed by atoms with van der Waals surface area (Å²) in [7, 11) is 0. The maximum atomic E-state index is 4.27. The number of benzene rings is 1. The van der Waals surface area contributed by atoms with Gasteiger partial charge in [-0.2, -0.15) is 0 Å². The van der Waals surface area contributed by atoms with E-state index < -0.39 is 0 Å². The highest BCUT2D eigenvalue weighted by atomic mass is 32.2. The number of piperidine rings is 1. The van der Waals surface area contributed by atoms with Crippen LogP contribution in [0.1, 0.15) is 24.8 Å². The van der Waals surface area contributed by atoms with Gasteiger partial charge < -0.3 is 4.90 Å². The second-order valence-electron chi connectivity index (χ2n) is 5.52. The Labute approximate surface area is 130 Å². The molecule has 1 aromatic carbocycles. The van der Waals surface area contributed by atoms with Crippen molar-refractivity contribution in [2.45, 2.75) is 31.3 Å². The third kappa shape index (κ3) is 3.66. The van der Waals surface area contributed by atoms with E-state index in [9.17, 15) is 0 Å².